The van der Waals surface area contributed by atoms with Crippen LogP contribution < -0.4 is 5.63 Å². The Morgan fingerprint density at radius 2 is 2.00 bits per heavy atom. The van der Waals surface area contributed by atoms with Crippen LogP contribution in [0.1, 0.15) is 0 Å². The van der Waals surface area contributed by atoms with Gasteiger partial charge in [0, 0.05) is 37.1 Å². The van der Waals surface area contributed by atoms with Gasteiger partial charge >= 0.3 is 5.63 Å². The zero-order valence-electron chi connectivity index (χ0n) is 10.5. The topological polar surface area (TPSA) is 87.8 Å². The van der Waals surface area contributed by atoms with Gasteiger partial charge in [0.2, 0.25) is 10.0 Å². The van der Waals surface area contributed by atoms with Gasteiger partial charge in [-0.25, -0.2) is 13.2 Å². The van der Waals surface area contributed by atoms with Crippen molar-refractivity contribution in [2.45, 2.75) is 4.90 Å². The van der Waals surface area contributed by atoms with E-state index in [0.29, 0.717) is 24.1 Å². The summed E-state index contributed by atoms with van der Waals surface area (Å²) in [6.45, 7) is 0.663. The number of hydrogen-bond donors (Lipinski definition) is 1. The van der Waals surface area contributed by atoms with Gasteiger partial charge in [0.1, 0.15) is 5.58 Å². The highest BCUT2D eigenvalue weighted by Crippen LogP contribution is 2.26. The van der Waals surface area contributed by atoms with Crippen molar-refractivity contribution in [2.75, 3.05) is 19.7 Å². The smallest absolute Gasteiger partial charge is 0.336 e. The number of aliphatic hydroxyl groups excluding tert-OH is 1. The molecule has 0 saturated carbocycles. The summed E-state index contributed by atoms with van der Waals surface area (Å²) in [7, 11) is -3.54. The van der Waals surface area contributed by atoms with Crippen molar-refractivity contribution in [3.63, 3.8) is 0 Å². The summed E-state index contributed by atoms with van der Waals surface area (Å²) in [5.41, 5.74) is -0.116. The van der Waals surface area contributed by atoms with E-state index < -0.39 is 15.6 Å². The Bertz CT molecular complexity index is 805. The molecule has 1 saturated heterocycles. The largest absolute Gasteiger partial charge is 0.423 e. The van der Waals surface area contributed by atoms with Gasteiger partial charge in [0.15, 0.2) is 0 Å². The lowest BCUT2D eigenvalue weighted by Gasteiger charge is -2.36. The molecule has 0 radical (unpaired) electrons. The number of aliphatic hydroxyl groups is 1. The van der Waals surface area contributed by atoms with E-state index in [1.54, 1.807) is 0 Å². The lowest BCUT2D eigenvalue weighted by atomic mass is 10.1. The molecule has 0 aliphatic carbocycles. The highest BCUT2D eigenvalue weighted by atomic mass is 32.2. The molecule has 0 bridgehead atoms. The Morgan fingerprint density at radius 1 is 1.25 bits per heavy atom. The van der Waals surface area contributed by atoms with Crippen LogP contribution in [-0.2, 0) is 10.0 Å². The molecule has 0 amide bonds. The molecule has 6 nitrogen and oxygen atoms in total. The maximum Gasteiger partial charge on any atom is 0.336 e. The first-order chi connectivity index (χ1) is 9.50. The normalized spacial score (nSPS) is 17.2. The lowest BCUT2D eigenvalue weighted by Crippen LogP contribution is -2.51. The fraction of sp³-hybridized carbons (Fsp3) is 0.308. The van der Waals surface area contributed by atoms with Crippen molar-refractivity contribution >= 4 is 21.0 Å². The number of rotatable bonds is 3. The minimum Gasteiger partial charge on any atom is -0.423 e. The molecular weight excluding hydrogens is 282 g/mol. The van der Waals surface area contributed by atoms with Gasteiger partial charge in [-0.2, -0.15) is 4.31 Å². The second-order valence-corrected chi connectivity index (χ2v) is 6.76. The quantitative estimate of drug-likeness (QED) is 0.828. The number of sulfonamides is 1. The number of benzene rings is 1. The van der Waals surface area contributed by atoms with Crippen LogP contribution in [0, 0.1) is 5.92 Å². The van der Waals surface area contributed by atoms with E-state index in [1.807, 2.05) is 0 Å². The van der Waals surface area contributed by atoms with Gasteiger partial charge in [-0.05, 0) is 24.3 Å². The van der Waals surface area contributed by atoms with E-state index in [4.69, 9.17) is 9.52 Å². The van der Waals surface area contributed by atoms with Gasteiger partial charge in [0.05, 0.1) is 4.90 Å². The second kappa shape index (κ2) is 4.69. The summed E-state index contributed by atoms with van der Waals surface area (Å²) in [6.07, 6.45) is 0. The standard InChI is InChI=1S/C13H13NO5S/c15-8-9-6-14(7-9)20(17,18)11-2-3-12-10(5-11)1-4-13(16)19-12/h1-5,9,15H,6-8H2. The van der Waals surface area contributed by atoms with Gasteiger partial charge in [-0.15, -0.1) is 0 Å². The second-order valence-electron chi connectivity index (χ2n) is 4.82. The summed E-state index contributed by atoms with van der Waals surface area (Å²) in [4.78, 5) is 11.2. The average molecular weight is 295 g/mol. The molecule has 1 aliphatic heterocycles. The maximum absolute atomic E-state index is 12.3. The van der Waals surface area contributed by atoms with Gasteiger partial charge in [-0.1, -0.05) is 0 Å². The zero-order valence-corrected chi connectivity index (χ0v) is 11.3. The number of fused-ring (bicyclic) bond motifs is 1. The van der Waals surface area contributed by atoms with Gasteiger partial charge in [-0.3, -0.25) is 0 Å². The first-order valence-corrected chi connectivity index (χ1v) is 7.59. The molecule has 1 aromatic heterocycles. The maximum atomic E-state index is 12.3. The van der Waals surface area contributed by atoms with Crippen molar-refractivity contribution < 1.29 is 17.9 Å². The van der Waals surface area contributed by atoms with E-state index in [9.17, 15) is 13.2 Å². The van der Waals surface area contributed by atoms with Crippen molar-refractivity contribution in [3.05, 3.63) is 40.8 Å². The molecule has 1 aliphatic rings. The van der Waals surface area contributed by atoms with Crippen LogP contribution in [0.5, 0.6) is 0 Å². The molecule has 7 heteroatoms. The van der Waals surface area contributed by atoms with Crippen LogP contribution in [0.2, 0.25) is 0 Å². The molecular formula is C13H13NO5S. The number of hydrogen-bond acceptors (Lipinski definition) is 5. The number of nitrogens with zero attached hydrogens (tertiary/aromatic N) is 1. The summed E-state index contributed by atoms with van der Waals surface area (Å²) in [5, 5.41) is 9.50. The first kappa shape index (κ1) is 13.3. The fourth-order valence-electron chi connectivity index (χ4n) is 2.19. The Labute approximate surface area is 115 Å². The van der Waals surface area contributed by atoms with E-state index >= 15 is 0 Å². The highest BCUT2D eigenvalue weighted by Gasteiger charge is 2.36. The molecule has 0 atom stereocenters. The van der Waals surface area contributed by atoms with E-state index in [2.05, 4.69) is 0 Å². The Hall–Kier alpha value is -1.70. The van der Waals surface area contributed by atoms with Crippen LogP contribution in [-0.4, -0.2) is 37.5 Å². The van der Waals surface area contributed by atoms with Crippen molar-refractivity contribution in [3.8, 4) is 0 Å². The lowest BCUT2D eigenvalue weighted by molar-refractivity contribution is 0.117. The molecule has 3 rings (SSSR count). The molecule has 1 N–H and O–H groups in total. The van der Waals surface area contributed by atoms with Crippen LogP contribution in [0.4, 0.5) is 0 Å². The summed E-state index contributed by atoms with van der Waals surface area (Å²) in [5.74, 6) is 0.0169. The molecule has 1 aromatic carbocycles. The fourth-order valence-corrected chi connectivity index (χ4v) is 3.82. The molecule has 2 heterocycles. The molecule has 106 valence electrons. The first-order valence-electron chi connectivity index (χ1n) is 6.15. The average Bonchev–Trinajstić information content (AvgIpc) is 2.36. The minimum atomic E-state index is -3.54. The molecule has 2 aromatic rings. The molecule has 0 spiro atoms. The summed E-state index contributed by atoms with van der Waals surface area (Å²) < 4.78 is 31.0. The summed E-state index contributed by atoms with van der Waals surface area (Å²) in [6, 6.07) is 7.18. The third kappa shape index (κ3) is 2.13. The Balaban J connectivity index is 1.98. The summed E-state index contributed by atoms with van der Waals surface area (Å²) >= 11 is 0. The van der Waals surface area contributed by atoms with Gasteiger partial charge < -0.3 is 9.52 Å². The zero-order chi connectivity index (χ0) is 14.3. The molecule has 0 unspecified atom stereocenters. The van der Waals surface area contributed by atoms with E-state index in [1.165, 1.54) is 34.6 Å². The molecule has 20 heavy (non-hydrogen) atoms. The van der Waals surface area contributed by atoms with Crippen molar-refractivity contribution in [2.24, 2.45) is 5.92 Å². The predicted octanol–water partition coefficient (Wildman–Crippen LogP) is 0.406. The highest BCUT2D eigenvalue weighted by molar-refractivity contribution is 7.89. The Morgan fingerprint density at radius 3 is 2.70 bits per heavy atom. The SMILES string of the molecule is O=c1ccc2cc(S(=O)(=O)N3CC(CO)C3)ccc2o1. The van der Waals surface area contributed by atoms with E-state index in [0.717, 1.165) is 0 Å². The predicted molar refractivity (Wildman–Crippen MR) is 71.8 cm³/mol. The third-order valence-electron chi connectivity index (χ3n) is 3.41. The van der Waals surface area contributed by atoms with Crippen LogP contribution in [0.3, 0.4) is 0 Å². The van der Waals surface area contributed by atoms with Crippen LogP contribution in [0.15, 0.2) is 44.4 Å². The monoisotopic (exact) mass is 295 g/mol. The Kier molecular flexibility index (Phi) is 3.12. The van der Waals surface area contributed by atoms with Crippen molar-refractivity contribution in [1.82, 2.24) is 4.31 Å². The van der Waals surface area contributed by atoms with Crippen LogP contribution in [0.25, 0.3) is 11.0 Å². The van der Waals surface area contributed by atoms with E-state index in [-0.39, 0.29) is 17.4 Å². The van der Waals surface area contributed by atoms with Crippen molar-refractivity contribution in [1.29, 1.82) is 0 Å². The van der Waals surface area contributed by atoms with Gasteiger partial charge in [0.25, 0.3) is 0 Å². The van der Waals surface area contributed by atoms with Crippen LogP contribution >= 0.6 is 0 Å². The minimum absolute atomic E-state index is 0.00506. The molecule has 1 fully saturated rings. The third-order valence-corrected chi connectivity index (χ3v) is 5.24.